The van der Waals surface area contributed by atoms with E-state index >= 15 is 0 Å². The number of hydrogen-bond acceptors (Lipinski definition) is 3. The molecule has 6 heteroatoms. The third-order valence-electron chi connectivity index (χ3n) is 3.23. The van der Waals surface area contributed by atoms with E-state index < -0.39 is 0 Å². The zero-order chi connectivity index (χ0) is 14.5. The molecular formula is C14H21AsClN3O. The third kappa shape index (κ3) is 4.47. The molecule has 20 heavy (non-hydrogen) atoms. The number of pyridine rings is 1. The monoisotopic (exact) mass is 357 g/mol. The molecule has 4 nitrogen and oxygen atoms in total. The standard InChI is InChI=1S/C14H21AsClN3O/c1-9(2)15-12-7-13(16)18-8-11(12)14(20)19-10-3-5-17-6-4-10/h7-10,15,17H,3-6H2,1-2H3,(H,19,20). The minimum atomic E-state index is -0.371. The summed E-state index contributed by atoms with van der Waals surface area (Å²) < 4.78 is 1.70. The molecule has 1 unspecified atom stereocenters. The molecule has 1 aromatic rings. The Morgan fingerprint density at radius 3 is 2.85 bits per heavy atom. The van der Waals surface area contributed by atoms with Gasteiger partial charge in [-0.15, -0.1) is 0 Å². The van der Waals surface area contributed by atoms with Crippen molar-refractivity contribution in [1.82, 2.24) is 15.6 Å². The van der Waals surface area contributed by atoms with E-state index in [9.17, 15) is 4.79 Å². The normalized spacial score (nSPS) is 17.0. The van der Waals surface area contributed by atoms with Crippen LogP contribution >= 0.6 is 11.6 Å². The first-order valence-electron chi connectivity index (χ1n) is 7.00. The molecule has 1 aromatic heterocycles. The number of carbonyl (C=O) groups excluding carboxylic acids is 1. The zero-order valence-corrected chi connectivity index (χ0v) is 14.7. The molecule has 110 valence electrons. The van der Waals surface area contributed by atoms with Gasteiger partial charge in [-0.25, -0.2) is 0 Å². The van der Waals surface area contributed by atoms with Gasteiger partial charge in [-0.05, 0) is 0 Å². The molecule has 1 amide bonds. The average Bonchev–Trinajstić information content (AvgIpc) is 2.39. The molecule has 0 aliphatic carbocycles. The van der Waals surface area contributed by atoms with Gasteiger partial charge in [0.1, 0.15) is 0 Å². The van der Waals surface area contributed by atoms with E-state index in [1.165, 1.54) is 0 Å². The topological polar surface area (TPSA) is 54.0 Å². The zero-order valence-electron chi connectivity index (χ0n) is 11.9. The molecule has 1 saturated heterocycles. The fourth-order valence-electron chi connectivity index (χ4n) is 2.27. The summed E-state index contributed by atoms with van der Waals surface area (Å²) in [6.07, 6.45) is 3.60. The number of nitrogens with one attached hydrogen (secondary N) is 2. The summed E-state index contributed by atoms with van der Waals surface area (Å²) in [6, 6.07) is 2.13. The van der Waals surface area contributed by atoms with Gasteiger partial charge < -0.3 is 0 Å². The van der Waals surface area contributed by atoms with Crippen LogP contribution in [0.25, 0.3) is 0 Å². The Balaban J connectivity index is 2.11. The van der Waals surface area contributed by atoms with Gasteiger partial charge in [0, 0.05) is 0 Å². The van der Waals surface area contributed by atoms with Crippen LogP contribution in [-0.4, -0.2) is 45.8 Å². The van der Waals surface area contributed by atoms with E-state index in [-0.39, 0.29) is 27.7 Å². The average molecular weight is 358 g/mol. The number of halogens is 1. The van der Waals surface area contributed by atoms with Crippen molar-refractivity contribution >= 4 is 37.6 Å². The van der Waals surface area contributed by atoms with Crippen molar-refractivity contribution in [2.24, 2.45) is 0 Å². The van der Waals surface area contributed by atoms with Crippen LogP contribution in [0.3, 0.4) is 0 Å². The molecule has 2 N–H and O–H groups in total. The molecule has 1 atom stereocenters. The maximum absolute atomic E-state index is 12.4. The number of nitrogens with zero attached hydrogens (tertiary/aromatic N) is 1. The van der Waals surface area contributed by atoms with Gasteiger partial charge in [0.25, 0.3) is 0 Å². The van der Waals surface area contributed by atoms with Crippen LogP contribution in [0.1, 0.15) is 37.0 Å². The third-order valence-corrected chi connectivity index (χ3v) is 6.17. The van der Waals surface area contributed by atoms with E-state index in [1.807, 2.05) is 6.07 Å². The summed E-state index contributed by atoms with van der Waals surface area (Å²) in [4.78, 5) is 16.5. The van der Waals surface area contributed by atoms with E-state index in [1.54, 1.807) is 6.20 Å². The van der Waals surface area contributed by atoms with Gasteiger partial charge in [0.05, 0.1) is 0 Å². The number of carbonyl (C=O) groups is 1. The molecule has 0 bridgehead atoms. The van der Waals surface area contributed by atoms with Crippen LogP contribution in [0.4, 0.5) is 0 Å². The summed E-state index contributed by atoms with van der Waals surface area (Å²) >= 11 is 5.59. The van der Waals surface area contributed by atoms with Crippen LogP contribution in [0.15, 0.2) is 12.3 Å². The van der Waals surface area contributed by atoms with E-state index in [0.717, 1.165) is 30.3 Å². The van der Waals surface area contributed by atoms with Crippen molar-refractivity contribution in [3.8, 4) is 0 Å². The van der Waals surface area contributed by atoms with Crippen LogP contribution < -0.4 is 15.0 Å². The van der Waals surface area contributed by atoms with Gasteiger partial charge in [0.2, 0.25) is 0 Å². The molecule has 1 aliphatic heterocycles. The Kier molecular flexibility index (Phi) is 5.88. The van der Waals surface area contributed by atoms with Crippen LogP contribution in [-0.2, 0) is 0 Å². The summed E-state index contributed by atoms with van der Waals surface area (Å²) in [6.45, 7) is 6.30. The van der Waals surface area contributed by atoms with Crippen LogP contribution in [0.2, 0.25) is 9.86 Å². The number of amides is 1. The van der Waals surface area contributed by atoms with Crippen LogP contribution in [0, 0.1) is 0 Å². The van der Waals surface area contributed by atoms with Crippen molar-refractivity contribution in [1.29, 1.82) is 0 Å². The Morgan fingerprint density at radius 2 is 2.20 bits per heavy atom. The second-order valence-corrected chi connectivity index (χ2v) is 9.90. The van der Waals surface area contributed by atoms with Gasteiger partial charge in [-0.2, -0.15) is 0 Å². The van der Waals surface area contributed by atoms with Crippen molar-refractivity contribution in [2.45, 2.75) is 37.4 Å². The molecule has 1 fully saturated rings. The maximum atomic E-state index is 12.4. The summed E-state index contributed by atoms with van der Waals surface area (Å²) in [5.41, 5.74) is 0.710. The SMILES string of the molecule is CC(C)[AsH]c1cc(Cl)ncc1C(=O)NC1CCNCC1. The van der Waals surface area contributed by atoms with Crippen LogP contribution in [0.5, 0.6) is 0 Å². The molecule has 0 aromatic carbocycles. The molecule has 2 heterocycles. The van der Waals surface area contributed by atoms with Gasteiger partial charge >= 0.3 is 132 Å². The summed E-state index contributed by atoms with van der Waals surface area (Å²) in [7, 11) is 0. The fourth-order valence-corrected chi connectivity index (χ4v) is 5.09. The molecule has 0 spiro atoms. The number of aromatic nitrogens is 1. The molecule has 1 aliphatic rings. The van der Waals surface area contributed by atoms with Crippen molar-refractivity contribution in [3.05, 3.63) is 23.0 Å². The Bertz CT molecular complexity index is 475. The Labute approximate surface area is 131 Å². The van der Waals surface area contributed by atoms with Crippen molar-refractivity contribution in [2.75, 3.05) is 13.1 Å². The first-order valence-corrected chi connectivity index (χ1v) is 9.63. The predicted octanol–water partition coefficient (Wildman–Crippen LogP) is 1.11. The molecule has 2 rings (SSSR count). The van der Waals surface area contributed by atoms with Gasteiger partial charge in [-0.1, -0.05) is 0 Å². The fraction of sp³-hybridized carbons (Fsp3) is 0.571. The van der Waals surface area contributed by atoms with Gasteiger partial charge in [0.15, 0.2) is 0 Å². The van der Waals surface area contributed by atoms with E-state index in [2.05, 4.69) is 29.5 Å². The van der Waals surface area contributed by atoms with E-state index in [4.69, 9.17) is 11.6 Å². The summed E-state index contributed by atoms with van der Waals surface area (Å²) in [5.74, 6) is 0.000432. The van der Waals surface area contributed by atoms with Gasteiger partial charge in [-0.3, -0.25) is 0 Å². The quantitative estimate of drug-likeness (QED) is 0.627. The van der Waals surface area contributed by atoms with Crippen molar-refractivity contribution in [3.63, 3.8) is 0 Å². The van der Waals surface area contributed by atoms with E-state index in [0.29, 0.717) is 15.4 Å². The predicted molar refractivity (Wildman–Crippen MR) is 84.5 cm³/mol. The first kappa shape index (κ1) is 15.8. The van der Waals surface area contributed by atoms with Crippen molar-refractivity contribution < 1.29 is 4.79 Å². The minimum absolute atomic E-state index is 0.000432. The number of hydrogen-bond donors (Lipinski definition) is 2. The second-order valence-electron chi connectivity index (χ2n) is 5.35. The first-order chi connectivity index (χ1) is 9.56. The Morgan fingerprint density at radius 1 is 1.50 bits per heavy atom. The second kappa shape index (κ2) is 7.44. The number of rotatable bonds is 4. The Hall–Kier alpha value is -0.572. The molecule has 0 radical (unpaired) electrons. The number of piperidine rings is 1. The summed E-state index contributed by atoms with van der Waals surface area (Å²) in [5, 5.41) is 6.90. The molecule has 0 saturated carbocycles. The molecular weight excluding hydrogens is 337 g/mol.